The Morgan fingerprint density at radius 1 is 1.28 bits per heavy atom. The Balaban J connectivity index is 0.00000225. The van der Waals surface area contributed by atoms with E-state index in [1.165, 1.54) is 32.1 Å². The first-order valence-corrected chi connectivity index (χ1v) is 9.60. The molecular weight excluding hydrogens is 340 g/mol. The molecule has 0 aliphatic heterocycles. The Morgan fingerprint density at radius 3 is 2.64 bits per heavy atom. The first-order valence-electron chi connectivity index (χ1n) is 9.60. The summed E-state index contributed by atoms with van der Waals surface area (Å²) < 4.78 is 11.3. The van der Waals surface area contributed by atoms with E-state index in [-0.39, 0.29) is 12.4 Å². The molecule has 1 aromatic heterocycles. The van der Waals surface area contributed by atoms with Crippen molar-refractivity contribution >= 4 is 12.4 Å². The molecule has 2 N–H and O–H groups in total. The van der Waals surface area contributed by atoms with Crippen molar-refractivity contribution in [3.8, 4) is 0 Å². The molecule has 2 saturated carbocycles. The largest absolute Gasteiger partial charge is 0.378 e. The van der Waals surface area contributed by atoms with Gasteiger partial charge in [-0.25, -0.2) is 0 Å². The van der Waals surface area contributed by atoms with Gasteiger partial charge in [-0.05, 0) is 39.2 Å². The summed E-state index contributed by atoms with van der Waals surface area (Å²) in [6.07, 6.45) is 9.32. The molecule has 2 unspecified atom stereocenters. The zero-order valence-electron chi connectivity index (χ0n) is 15.6. The third-order valence-electron chi connectivity index (χ3n) is 5.88. The molecule has 25 heavy (non-hydrogen) atoms. The van der Waals surface area contributed by atoms with Crippen LogP contribution in [0.15, 0.2) is 4.52 Å². The molecule has 0 saturated heterocycles. The zero-order chi connectivity index (χ0) is 17.0. The number of halogens is 1. The van der Waals surface area contributed by atoms with Crippen LogP contribution in [0.1, 0.15) is 70.5 Å². The Bertz CT molecular complexity index is 519. The average Bonchev–Trinajstić information content (AvgIpc) is 3.06. The van der Waals surface area contributed by atoms with Gasteiger partial charge in [0.05, 0.1) is 19.2 Å². The van der Waals surface area contributed by atoms with Crippen LogP contribution >= 0.6 is 12.4 Å². The third kappa shape index (κ3) is 4.18. The molecule has 7 heteroatoms. The molecule has 6 nitrogen and oxygen atoms in total. The SMILES string of the molecule is CCCN(Cc1noc(CN)n1)C1CC(OCC)C12CCCCC2.Cl. The third-order valence-corrected chi connectivity index (χ3v) is 5.88. The summed E-state index contributed by atoms with van der Waals surface area (Å²) in [5.41, 5.74) is 5.92. The molecule has 0 bridgehead atoms. The summed E-state index contributed by atoms with van der Waals surface area (Å²) >= 11 is 0. The summed E-state index contributed by atoms with van der Waals surface area (Å²) in [5, 5.41) is 4.10. The second-order valence-electron chi connectivity index (χ2n) is 7.27. The molecule has 0 radical (unpaired) electrons. The summed E-state index contributed by atoms with van der Waals surface area (Å²) in [6.45, 7) is 7.29. The average molecular weight is 373 g/mol. The monoisotopic (exact) mass is 372 g/mol. The number of nitrogens with two attached hydrogens (primary N) is 1. The molecule has 1 spiro atoms. The van der Waals surface area contributed by atoms with E-state index >= 15 is 0 Å². The Hall–Kier alpha value is -0.690. The maximum Gasteiger partial charge on any atom is 0.240 e. The van der Waals surface area contributed by atoms with E-state index in [4.69, 9.17) is 15.0 Å². The molecule has 0 aromatic carbocycles. The molecule has 3 rings (SSSR count). The zero-order valence-corrected chi connectivity index (χ0v) is 16.4. The van der Waals surface area contributed by atoms with Crippen LogP contribution in [0.25, 0.3) is 0 Å². The first kappa shape index (κ1) is 20.6. The van der Waals surface area contributed by atoms with E-state index in [1.807, 2.05) is 0 Å². The van der Waals surface area contributed by atoms with Crippen molar-refractivity contribution in [1.29, 1.82) is 0 Å². The lowest BCUT2D eigenvalue weighted by Gasteiger charge is -2.60. The maximum atomic E-state index is 6.11. The van der Waals surface area contributed by atoms with E-state index in [0.717, 1.165) is 38.4 Å². The van der Waals surface area contributed by atoms with Crippen LogP contribution in [0.4, 0.5) is 0 Å². The molecule has 2 atom stereocenters. The van der Waals surface area contributed by atoms with E-state index in [2.05, 4.69) is 28.9 Å². The summed E-state index contributed by atoms with van der Waals surface area (Å²) in [5.74, 6) is 1.28. The van der Waals surface area contributed by atoms with Crippen LogP contribution in [0.5, 0.6) is 0 Å². The van der Waals surface area contributed by atoms with Crippen LogP contribution in [0.3, 0.4) is 0 Å². The normalized spacial score (nSPS) is 25.0. The van der Waals surface area contributed by atoms with Crippen molar-refractivity contribution < 1.29 is 9.26 Å². The van der Waals surface area contributed by atoms with Gasteiger partial charge in [0.15, 0.2) is 5.82 Å². The molecule has 0 amide bonds. The van der Waals surface area contributed by atoms with Gasteiger partial charge in [0.1, 0.15) is 0 Å². The fourth-order valence-electron chi connectivity index (χ4n) is 4.79. The lowest BCUT2D eigenvalue weighted by Crippen LogP contribution is -2.65. The van der Waals surface area contributed by atoms with Gasteiger partial charge in [-0.15, -0.1) is 12.4 Å². The first-order chi connectivity index (χ1) is 11.7. The van der Waals surface area contributed by atoms with Crippen molar-refractivity contribution in [1.82, 2.24) is 15.0 Å². The van der Waals surface area contributed by atoms with Gasteiger partial charge in [0.2, 0.25) is 5.89 Å². The summed E-state index contributed by atoms with van der Waals surface area (Å²) in [6, 6.07) is 0.578. The fraction of sp³-hybridized carbons (Fsp3) is 0.889. The summed E-state index contributed by atoms with van der Waals surface area (Å²) in [4.78, 5) is 6.97. The Labute approximate surface area is 157 Å². The van der Waals surface area contributed by atoms with Gasteiger partial charge in [-0.2, -0.15) is 4.98 Å². The number of aromatic nitrogens is 2. The number of hydrogen-bond acceptors (Lipinski definition) is 6. The molecule has 1 heterocycles. The van der Waals surface area contributed by atoms with Crippen LogP contribution in [0, 0.1) is 5.41 Å². The minimum absolute atomic E-state index is 0. The highest BCUT2D eigenvalue weighted by molar-refractivity contribution is 5.85. The van der Waals surface area contributed by atoms with Gasteiger partial charge in [0.25, 0.3) is 0 Å². The van der Waals surface area contributed by atoms with Crippen LogP contribution in [-0.4, -0.2) is 40.3 Å². The maximum absolute atomic E-state index is 6.11. The molecule has 144 valence electrons. The molecule has 1 aromatic rings. The molecular formula is C18H33ClN4O2. The highest BCUT2D eigenvalue weighted by Crippen LogP contribution is 2.55. The smallest absolute Gasteiger partial charge is 0.240 e. The fourth-order valence-corrected chi connectivity index (χ4v) is 4.79. The van der Waals surface area contributed by atoms with Crippen LogP contribution in [-0.2, 0) is 17.8 Å². The van der Waals surface area contributed by atoms with E-state index in [0.29, 0.717) is 30.0 Å². The van der Waals surface area contributed by atoms with E-state index < -0.39 is 0 Å². The Morgan fingerprint density at radius 2 is 2.04 bits per heavy atom. The number of hydrogen-bond donors (Lipinski definition) is 1. The van der Waals surface area contributed by atoms with Crippen molar-refractivity contribution in [3.63, 3.8) is 0 Å². The second kappa shape index (κ2) is 9.31. The molecule has 2 aliphatic rings. The Kier molecular flexibility index (Phi) is 7.68. The van der Waals surface area contributed by atoms with Crippen molar-refractivity contribution in [2.24, 2.45) is 11.1 Å². The van der Waals surface area contributed by atoms with Gasteiger partial charge < -0.3 is 15.0 Å². The van der Waals surface area contributed by atoms with Gasteiger partial charge >= 0.3 is 0 Å². The highest BCUT2D eigenvalue weighted by Gasteiger charge is 2.57. The number of nitrogens with zero attached hydrogens (tertiary/aromatic N) is 3. The lowest BCUT2D eigenvalue weighted by atomic mass is 9.54. The lowest BCUT2D eigenvalue weighted by molar-refractivity contribution is -0.184. The van der Waals surface area contributed by atoms with Crippen LogP contribution < -0.4 is 5.73 Å². The van der Waals surface area contributed by atoms with Crippen molar-refractivity contribution in [2.45, 2.75) is 84.0 Å². The highest BCUT2D eigenvalue weighted by atomic mass is 35.5. The predicted octanol–water partition coefficient (Wildman–Crippen LogP) is 3.29. The van der Waals surface area contributed by atoms with Gasteiger partial charge in [-0.3, -0.25) is 4.90 Å². The van der Waals surface area contributed by atoms with Crippen molar-refractivity contribution in [3.05, 3.63) is 11.7 Å². The molecule has 2 fully saturated rings. The molecule has 2 aliphatic carbocycles. The predicted molar refractivity (Wildman–Crippen MR) is 99.5 cm³/mol. The van der Waals surface area contributed by atoms with E-state index in [9.17, 15) is 0 Å². The van der Waals surface area contributed by atoms with Crippen molar-refractivity contribution in [2.75, 3.05) is 13.2 Å². The standard InChI is InChI=1S/C18H32N4O2.ClH/c1-3-10-22(13-16-20-17(12-19)24-21-16)14-11-15(23-4-2)18(14)8-6-5-7-9-18;/h14-15H,3-13,19H2,1-2H3;1H. The number of rotatable bonds is 8. The van der Waals surface area contributed by atoms with E-state index in [1.54, 1.807) is 0 Å². The summed E-state index contributed by atoms with van der Waals surface area (Å²) in [7, 11) is 0. The van der Waals surface area contributed by atoms with Gasteiger partial charge in [0, 0.05) is 18.1 Å². The topological polar surface area (TPSA) is 77.4 Å². The minimum atomic E-state index is 0. The minimum Gasteiger partial charge on any atom is -0.378 e. The second-order valence-corrected chi connectivity index (χ2v) is 7.27. The quantitative estimate of drug-likeness (QED) is 0.754. The van der Waals surface area contributed by atoms with Crippen LogP contribution in [0.2, 0.25) is 0 Å². The van der Waals surface area contributed by atoms with Gasteiger partial charge in [-0.1, -0.05) is 31.3 Å². The number of ether oxygens (including phenoxy) is 1.